The van der Waals surface area contributed by atoms with Gasteiger partial charge in [-0.05, 0) is 36.4 Å². The smallest absolute Gasteiger partial charge is 0.244 e. The van der Waals surface area contributed by atoms with E-state index in [1.807, 2.05) is 12.1 Å². The summed E-state index contributed by atoms with van der Waals surface area (Å²) in [7, 11) is 1.74. The van der Waals surface area contributed by atoms with Gasteiger partial charge in [0, 0.05) is 18.3 Å². The predicted octanol–water partition coefficient (Wildman–Crippen LogP) is 1.37. The Bertz CT molecular complexity index is 682. The van der Waals surface area contributed by atoms with Crippen LogP contribution in [0, 0.1) is 16.7 Å². The zero-order valence-corrected chi connectivity index (χ0v) is 11.5. The quantitative estimate of drug-likeness (QED) is 0.908. The van der Waals surface area contributed by atoms with Crippen LogP contribution in [0.4, 0.5) is 5.69 Å². The van der Waals surface area contributed by atoms with E-state index < -0.39 is 5.41 Å². The molecule has 2 rings (SSSR count). The number of nitrogens with one attached hydrogen (secondary N) is 1. The first-order valence-electron chi connectivity index (χ1n) is 5.99. The summed E-state index contributed by atoms with van der Waals surface area (Å²) in [6, 6.07) is 9.11. The molecule has 2 aromatic rings. The number of anilines is 1. The average molecular weight is 270 g/mol. The second-order valence-electron chi connectivity index (χ2n) is 4.90. The van der Waals surface area contributed by atoms with Crippen LogP contribution in [-0.4, -0.2) is 26.1 Å². The highest BCUT2D eigenvalue weighted by Gasteiger charge is 2.27. The zero-order valence-electron chi connectivity index (χ0n) is 11.5. The van der Waals surface area contributed by atoms with Gasteiger partial charge in [-0.3, -0.25) is 4.79 Å². The maximum atomic E-state index is 12.0. The van der Waals surface area contributed by atoms with Crippen molar-refractivity contribution < 1.29 is 4.79 Å². The summed E-state index contributed by atoms with van der Waals surface area (Å²) in [6.45, 7) is 3.14. The van der Waals surface area contributed by atoms with Crippen molar-refractivity contribution in [3.05, 3.63) is 24.3 Å². The molecule has 102 valence electrons. The van der Waals surface area contributed by atoms with E-state index in [9.17, 15) is 4.79 Å². The van der Waals surface area contributed by atoms with Gasteiger partial charge in [0.2, 0.25) is 5.91 Å². The third-order valence-electron chi connectivity index (χ3n) is 2.85. The number of carbonyl (C=O) groups excluding carboxylic acids is 1. The predicted molar refractivity (Wildman–Crippen MR) is 72.3 cm³/mol. The fourth-order valence-electron chi connectivity index (χ4n) is 1.55. The third kappa shape index (κ3) is 2.64. The van der Waals surface area contributed by atoms with E-state index in [2.05, 4.69) is 20.8 Å². The zero-order chi connectivity index (χ0) is 14.8. The Labute approximate surface area is 116 Å². The number of amides is 1. The van der Waals surface area contributed by atoms with Gasteiger partial charge in [-0.2, -0.15) is 5.26 Å². The van der Waals surface area contributed by atoms with Crippen molar-refractivity contribution in [3.63, 3.8) is 0 Å². The lowest BCUT2D eigenvalue weighted by atomic mass is 9.94. The third-order valence-corrected chi connectivity index (χ3v) is 2.85. The number of rotatable bonds is 3. The molecule has 1 N–H and O–H groups in total. The summed E-state index contributed by atoms with van der Waals surface area (Å²) >= 11 is 0. The minimum absolute atomic E-state index is 0.353. The highest BCUT2D eigenvalue weighted by Crippen LogP contribution is 2.22. The summed E-state index contributed by atoms with van der Waals surface area (Å²) in [6.07, 6.45) is 0. The van der Waals surface area contributed by atoms with Crippen LogP contribution in [0.15, 0.2) is 24.3 Å². The van der Waals surface area contributed by atoms with Gasteiger partial charge < -0.3 is 5.32 Å². The van der Waals surface area contributed by atoms with Gasteiger partial charge in [0.15, 0.2) is 5.82 Å². The van der Waals surface area contributed by atoms with Crippen LogP contribution in [0.1, 0.15) is 13.8 Å². The average Bonchev–Trinajstić information content (AvgIpc) is 2.85. The number of hydrogen-bond donors (Lipinski definition) is 1. The molecule has 1 aromatic heterocycles. The Morgan fingerprint density at radius 3 is 2.80 bits per heavy atom. The number of hydrogen-bond acceptors (Lipinski definition) is 5. The SMILES string of the molecule is Cn1nnnc1-c1cccc(NC(=O)C(C)(C)C#N)c1. The molecule has 1 heterocycles. The molecule has 0 aliphatic carbocycles. The molecule has 0 unspecified atom stereocenters. The van der Waals surface area contributed by atoms with Crippen molar-refractivity contribution in [3.8, 4) is 17.5 Å². The second kappa shape index (κ2) is 5.09. The van der Waals surface area contributed by atoms with Crippen molar-refractivity contribution in [2.45, 2.75) is 13.8 Å². The molecule has 7 nitrogen and oxygen atoms in total. The normalized spacial score (nSPS) is 10.9. The molecule has 7 heteroatoms. The largest absolute Gasteiger partial charge is 0.325 e. The van der Waals surface area contributed by atoms with E-state index in [1.165, 1.54) is 0 Å². The van der Waals surface area contributed by atoms with E-state index in [4.69, 9.17) is 5.26 Å². The van der Waals surface area contributed by atoms with E-state index in [0.717, 1.165) is 5.56 Å². The van der Waals surface area contributed by atoms with Crippen molar-refractivity contribution >= 4 is 11.6 Å². The van der Waals surface area contributed by atoms with E-state index in [1.54, 1.807) is 43.8 Å². The van der Waals surface area contributed by atoms with Gasteiger partial charge in [0.05, 0.1) is 6.07 Å². The molecule has 0 saturated heterocycles. The first kappa shape index (κ1) is 13.7. The number of nitriles is 1. The molecule has 0 radical (unpaired) electrons. The number of nitrogens with zero attached hydrogens (tertiary/aromatic N) is 5. The highest BCUT2D eigenvalue weighted by molar-refractivity contribution is 5.97. The number of tetrazole rings is 1. The summed E-state index contributed by atoms with van der Waals surface area (Å²) < 4.78 is 1.54. The van der Waals surface area contributed by atoms with Crippen LogP contribution in [0.2, 0.25) is 0 Å². The molecule has 0 aliphatic heterocycles. The Morgan fingerprint density at radius 1 is 1.45 bits per heavy atom. The highest BCUT2D eigenvalue weighted by atomic mass is 16.2. The summed E-state index contributed by atoms with van der Waals surface area (Å²) in [5.41, 5.74) is 0.298. The first-order valence-corrected chi connectivity index (χ1v) is 5.99. The molecular weight excluding hydrogens is 256 g/mol. The lowest BCUT2D eigenvalue weighted by molar-refractivity contribution is -0.121. The Hall–Kier alpha value is -2.75. The van der Waals surface area contributed by atoms with Gasteiger partial charge in [-0.15, -0.1) is 5.10 Å². The number of aryl methyl sites for hydroxylation is 1. The fraction of sp³-hybridized carbons (Fsp3) is 0.308. The number of carbonyl (C=O) groups is 1. The van der Waals surface area contributed by atoms with Gasteiger partial charge in [0.25, 0.3) is 0 Å². The van der Waals surface area contributed by atoms with Crippen molar-refractivity contribution in [2.24, 2.45) is 12.5 Å². The molecule has 0 saturated carbocycles. The standard InChI is InChI=1S/C13H14N6O/c1-13(2,8-14)12(20)15-10-6-4-5-9(7-10)11-16-17-18-19(11)3/h4-7H,1-3H3,(H,15,20). The Kier molecular flexibility index (Phi) is 3.48. The van der Waals surface area contributed by atoms with Crippen LogP contribution in [0.25, 0.3) is 11.4 Å². The van der Waals surface area contributed by atoms with Crippen molar-refractivity contribution in [2.75, 3.05) is 5.32 Å². The first-order chi connectivity index (χ1) is 9.44. The van der Waals surface area contributed by atoms with Gasteiger partial charge >= 0.3 is 0 Å². The van der Waals surface area contributed by atoms with Crippen LogP contribution in [-0.2, 0) is 11.8 Å². The Morgan fingerprint density at radius 2 is 2.20 bits per heavy atom. The molecule has 1 amide bonds. The minimum atomic E-state index is -1.08. The fourth-order valence-corrected chi connectivity index (χ4v) is 1.55. The van der Waals surface area contributed by atoms with Gasteiger partial charge in [-0.1, -0.05) is 12.1 Å². The van der Waals surface area contributed by atoms with E-state index in [0.29, 0.717) is 11.5 Å². The monoisotopic (exact) mass is 270 g/mol. The number of benzene rings is 1. The van der Waals surface area contributed by atoms with E-state index in [-0.39, 0.29) is 5.91 Å². The van der Waals surface area contributed by atoms with Crippen LogP contribution in [0.3, 0.4) is 0 Å². The molecule has 0 fully saturated rings. The molecule has 20 heavy (non-hydrogen) atoms. The van der Waals surface area contributed by atoms with Crippen LogP contribution in [0.5, 0.6) is 0 Å². The maximum Gasteiger partial charge on any atom is 0.244 e. The minimum Gasteiger partial charge on any atom is -0.325 e. The Balaban J connectivity index is 2.26. The molecule has 0 bridgehead atoms. The second-order valence-corrected chi connectivity index (χ2v) is 4.90. The molecular formula is C13H14N6O. The lowest BCUT2D eigenvalue weighted by Gasteiger charge is -2.15. The molecule has 1 aromatic carbocycles. The topological polar surface area (TPSA) is 96.5 Å². The van der Waals surface area contributed by atoms with Gasteiger partial charge in [-0.25, -0.2) is 4.68 Å². The van der Waals surface area contributed by atoms with E-state index >= 15 is 0 Å². The summed E-state index contributed by atoms with van der Waals surface area (Å²) in [5.74, 6) is 0.244. The van der Waals surface area contributed by atoms with Crippen LogP contribution < -0.4 is 5.32 Å². The summed E-state index contributed by atoms with van der Waals surface area (Å²) in [5, 5.41) is 22.9. The maximum absolute atomic E-state index is 12.0. The van der Waals surface area contributed by atoms with Crippen molar-refractivity contribution in [1.82, 2.24) is 20.2 Å². The number of aromatic nitrogens is 4. The molecule has 0 atom stereocenters. The van der Waals surface area contributed by atoms with Crippen LogP contribution >= 0.6 is 0 Å². The molecule has 0 spiro atoms. The van der Waals surface area contributed by atoms with Crippen molar-refractivity contribution in [1.29, 1.82) is 5.26 Å². The molecule has 0 aliphatic rings. The summed E-state index contributed by atoms with van der Waals surface area (Å²) in [4.78, 5) is 12.0. The lowest BCUT2D eigenvalue weighted by Crippen LogP contribution is -2.29. The van der Waals surface area contributed by atoms with Gasteiger partial charge in [0.1, 0.15) is 5.41 Å².